The zero-order chi connectivity index (χ0) is 14.5. The van der Waals surface area contributed by atoms with Crippen molar-refractivity contribution in [2.45, 2.75) is 46.1 Å². The van der Waals surface area contributed by atoms with E-state index in [4.69, 9.17) is 9.84 Å². The topological polar surface area (TPSA) is 58.6 Å². The van der Waals surface area contributed by atoms with Crippen LogP contribution in [0.4, 0.5) is 10.5 Å². The number of carbonyl (C=O) groups is 1. The molecular formula is C15H23NO3. The predicted molar refractivity (Wildman–Crippen MR) is 76.4 cm³/mol. The van der Waals surface area contributed by atoms with Crippen LogP contribution in [0.2, 0.25) is 0 Å². The van der Waals surface area contributed by atoms with Crippen LogP contribution in [-0.2, 0) is 11.2 Å². The Morgan fingerprint density at radius 3 is 2.58 bits per heavy atom. The standard InChI is InChI=1S/C15H23NO3/c1-11-10-12(6-5-9-17)7-8-13(11)16-14(18)19-15(2,3)4/h7-8,10,17H,5-6,9H2,1-4H3,(H,16,18). The van der Waals surface area contributed by atoms with Gasteiger partial charge in [0.05, 0.1) is 0 Å². The van der Waals surface area contributed by atoms with E-state index in [0.29, 0.717) is 0 Å². The van der Waals surface area contributed by atoms with Crippen molar-refractivity contribution in [1.29, 1.82) is 0 Å². The summed E-state index contributed by atoms with van der Waals surface area (Å²) >= 11 is 0. The fourth-order valence-corrected chi connectivity index (χ4v) is 1.72. The maximum atomic E-state index is 11.7. The molecule has 0 saturated heterocycles. The molecule has 106 valence electrons. The number of aliphatic hydroxyl groups excluding tert-OH is 1. The minimum atomic E-state index is -0.501. The van der Waals surface area contributed by atoms with Gasteiger partial charge in [0, 0.05) is 12.3 Å². The van der Waals surface area contributed by atoms with E-state index in [2.05, 4.69) is 5.32 Å². The van der Waals surface area contributed by atoms with Gasteiger partial charge < -0.3 is 9.84 Å². The lowest BCUT2D eigenvalue weighted by Gasteiger charge is -2.20. The molecular weight excluding hydrogens is 242 g/mol. The molecule has 0 aromatic heterocycles. The van der Waals surface area contributed by atoms with E-state index in [-0.39, 0.29) is 6.61 Å². The molecule has 0 heterocycles. The largest absolute Gasteiger partial charge is 0.444 e. The van der Waals surface area contributed by atoms with Gasteiger partial charge in [-0.05, 0) is 57.7 Å². The van der Waals surface area contributed by atoms with Crippen molar-refractivity contribution in [3.63, 3.8) is 0 Å². The number of amides is 1. The highest BCUT2D eigenvalue weighted by molar-refractivity contribution is 5.85. The molecule has 0 spiro atoms. The number of hydrogen-bond donors (Lipinski definition) is 2. The van der Waals surface area contributed by atoms with Gasteiger partial charge in [-0.3, -0.25) is 5.32 Å². The summed E-state index contributed by atoms with van der Waals surface area (Å²) < 4.78 is 5.21. The first kappa shape index (κ1) is 15.5. The predicted octanol–water partition coefficient (Wildman–Crippen LogP) is 3.27. The molecule has 0 aliphatic heterocycles. The van der Waals surface area contributed by atoms with Crippen molar-refractivity contribution in [3.05, 3.63) is 29.3 Å². The van der Waals surface area contributed by atoms with Gasteiger partial charge in [0.25, 0.3) is 0 Å². The van der Waals surface area contributed by atoms with Gasteiger partial charge in [0.15, 0.2) is 0 Å². The molecule has 1 amide bonds. The number of aliphatic hydroxyl groups is 1. The number of nitrogens with one attached hydrogen (secondary N) is 1. The van der Waals surface area contributed by atoms with Gasteiger partial charge in [0.1, 0.15) is 5.60 Å². The summed E-state index contributed by atoms with van der Waals surface area (Å²) in [6.45, 7) is 7.62. The second-order valence-electron chi connectivity index (χ2n) is 5.60. The Labute approximate surface area is 114 Å². The molecule has 19 heavy (non-hydrogen) atoms. The summed E-state index contributed by atoms with van der Waals surface area (Å²) in [5.74, 6) is 0. The summed E-state index contributed by atoms with van der Waals surface area (Å²) in [6.07, 6.45) is 1.14. The Hall–Kier alpha value is -1.55. The minimum absolute atomic E-state index is 0.191. The first-order valence-corrected chi connectivity index (χ1v) is 6.52. The second kappa shape index (κ2) is 6.57. The van der Waals surface area contributed by atoms with Gasteiger partial charge in [-0.15, -0.1) is 0 Å². The van der Waals surface area contributed by atoms with Crippen LogP contribution in [0.5, 0.6) is 0 Å². The Balaban J connectivity index is 2.67. The summed E-state index contributed by atoms with van der Waals surface area (Å²) in [5, 5.41) is 11.5. The highest BCUT2D eigenvalue weighted by atomic mass is 16.6. The van der Waals surface area contributed by atoms with Gasteiger partial charge in [-0.1, -0.05) is 12.1 Å². The highest BCUT2D eigenvalue weighted by Crippen LogP contribution is 2.18. The minimum Gasteiger partial charge on any atom is -0.444 e. The van der Waals surface area contributed by atoms with E-state index in [0.717, 1.165) is 29.7 Å². The first-order valence-electron chi connectivity index (χ1n) is 6.52. The molecule has 4 nitrogen and oxygen atoms in total. The van der Waals surface area contributed by atoms with Gasteiger partial charge >= 0.3 is 6.09 Å². The first-order chi connectivity index (χ1) is 8.81. The number of carbonyl (C=O) groups excluding carboxylic acids is 1. The fraction of sp³-hybridized carbons (Fsp3) is 0.533. The Bertz CT molecular complexity index is 436. The molecule has 0 saturated carbocycles. The van der Waals surface area contributed by atoms with Crippen molar-refractivity contribution in [2.75, 3.05) is 11.9 Å². The Kier molecular flexibility index (Phi) is 5.36. The molecule has 0 bridgehead atoms. The molecule has 0 aliphatic rings. The number of rotatable bonds is 4. The molecule has 4 heteroatoms. The quantitative estimate of drug-likeness (QED) is 0.878. The average Bonchev–Trinajstić information content (AvgIpc) is 2.27. The van der Waals surface area contributed by atoms with E-state index in [1.807, 2.05) is 45.9 Å². The number of ether oxygens (including phenoxy) is 1. The third-order valence-electron chi connectivity index (χ3n) is 2.55. The normalized spacial score (nSPS) is 11.2. The number of anilines is 1. The summed E-state index contributed by atoms with van der Waals surface area (Å²) in [5.41, 5.74) is 2.39. The smallest absolute Gasteiger partial charge is 0.412 e. The van der Waals surface area contributed by atoms with Crippen molar-refractivity contribution in [1.82, 2.24) is 0 Å². The molecule has 1 rings (SSSR count). The lowest BCUT2D eigenvalue weighted by atomic mass is 10.1. The van der Waals surface area contributed by atoms with E-state index in [9.17, 15) is 4.79 Å². The van der Waals surface area contributed by atoms with E-state index in [1.54, 1.807) is 0 Å². The molecule has 0 aliphatic carbocycles. The summed E-state index contributed by atoms with van der Waals surface area (Å²) in [4.78, 5) is 11.7. The van der Waals surface area contributed by atoms with Crippen LogP contribution in [0.15, 0.2) is 18.2 Å². The lowest BCUT2D eigenvalue weighted by molar-refractivity contribution is 0.0636. The maximum absolute atomic E-state index is 11.7. The van der Waals surface area contributed by atoms with Crippen LogP contribution in [0.1, 0.15) is 38.3 Å². The third-order valence-corrected chi connectivity index (χ3v) is 2.55. The van der Waals surface area contributed by atoms with Crippen LogP contribution >= 0.6 is 0 Å². The Morgan fingerprint density at radius 2 is 2.05 bits per heavy atom. The van der Waals surface area contributed by atoms with Crippen molar-refractivity contribution in [3.8, 4) is 0 Å². The molecule has 0 radical (unpaired) electrons. The van der Waals surface area contributed by atoms with Crippen LogP contribution in [0.25, 0.3) is 0 Å². The molecule has 1 aromatic rings. The number of benzene rings is 1. The molecule has 2 N–H and O–H groups in total. The molecule has 0 atom stereocenters. The molecule has 0 unspecified atom stereocenters. The van der Waals surface area contributed by atoms with Gasteiger partial charge in [-0.25, -0.2) is 4.79 Å². The highest BCUT2D eigenvalue weighted by Gasteiger charge is 2.16. The van der Waals surface area contributed by atoms with Gasteiger partial charge in [-0.2, -0.15) is 0 Å². The maximum Gasteiger partial charge on any atom is 0.412 e. The zero-order valence-electron chi connectivity index (χ0n) is 12.1. The summed E-state index contributed by atoms with van der Waals surface area (Å²) in [6, 6.07) is 5.84. The van der Waals surface area contributed by atoms with Crippen LogP contribution in [0.3, 0.4) is 0 Å². The van der Waals surface area contributed by atoms with E-state index < -0.39 is 11.7 Å². The van der Waals surface area contributed by atoms with Crippen molar-refractivity contribution in [2.24, 2.45) is 0 Å². The number of hydrogen-bond acceptors (Lipinski definition) is 3. The third kappa shape index (κ3) is 5.75. The fourth-order valence-electron chi connectivity index (χ4n) is 1.72. The van der Waals surface area contributed by atoms with Crippen LogP contribution < -0.4 is 5.32 Å². The lowest BCUT2D eigenvalue weighted by Crippen LogP contribution is -2.27. The monoisotopic (exact) mass is 265 g/mol. The van der Waals surface area contributed by atoms with Gasteiger partial charge in [0.2, 0.25) is 0 Å². The van der Waals surface area contributed by atoms with E-state index in [1.165, 1.54) is 0 Å². The Morgan fingerprint density at radius 1 is 1.37 bits per heavy atom. The van der Waals surface area contributed by atoms with Crippen LogP contribution in [-0.4, -0.2) is 23.4 Å². The second-order valence-corrected chi connectivity index (χ2v) is 5.60. The average molecular weight is 265 g/mol. The van der Waals surface area contributed by atoms with Crippen LogP contribution in [0, 0.1) is 6.92 Å². The molecule has 0 fully saturated rings. The van der Waals surface area contributed by atoms with E-state index >= 15 is 0 Å². The number of aryl methyl sites for hydroxylation is 2. The molecule has 1 aromatic carbocycles. The van der Waals surface area contributed by atoms with Crippen molar-refractivity contribution >= 4 is 11.8 Å². The zero-order valence-corrected chi connectivity index (χ0v) is 12.1. The summed E-state index contributed by atoms with van der Waals surface area (Å²) in [7, 11) is 0. The SMILES string of the molecule is Cc1cc(CCCO)ccc1NC(=O)OC(C)(C)C. The van der Waals surface area contributed by atoms with Crippen molar-refractivity contribution < 1.29 is 14.6 Å².